The van der Waals surface area contributed by atoms with Gasteiger partial charge in [0, 0.05) is 30.4 Å². The molecular weight excluding hydrogens is 264 g/mol. The maximum atomic E-state index is 12.2. The zero-order chi connectivity index (χ0) is 13.8. The van der Waals surface area contributed by atoms with Crippen LogP contribution in [0.2, 0.25) is 5.02 Å². The van der Waals surface area contributed by atoms with Crippen molar-refractivity contribution < 1.29 is 9.53 Å². The molecule has 0 radical (unpaired) electrons. The molecule has 0 saturated heterocycles. The van der Waals surface area contributed by atoms with Crippen molar-refractivity contribution in [1.82, 2.24) is 9.78 Å². The Kier molecular flexibility index (Phi) is 4.22. The number of nitrogens with zero attached hydrogens (tertiary/aromatic N) is 2. The summed E-state index contributed by atoms with van der Waals surface area (Å²) in [6.07, 6.45) is 2.76. The van der Waals surface area contributed by atoms with E-state index in [-0.39, 0.29) is 5.78 Å². The number of hydrogen-bond acceptors (Lipinski definition) is 3. The second-order valence-corrected chi connectivity index (χ2v) is 4.65. The summed E-state index contributed by atoms with van der Waals surface area (Å²) in [5.74, 6) is 0.569. The van der Waals surface area contributed by atoms with Crippen LogP contribution in [-0.2, 0) is 13.5 Å². The Morgan fingerprint density at radius 2 is 2.21 bits per heavy atom. The van der Waals surface area contributed by atoms with Crippen LogP contribution in [0, 0.1) is 0 Å². The zero-order valence-electron chi connectivity index (χ0n) is 10.9. The number of ether oxygens (including phenoxy) is 1. The van der Waals surface area contributed by atoms with Gasteiger partial charge in [-0.2, -0.15) is 5.10 Å². The van der Waals surface area contributed by atoms with Gasteiger partial charge in [-0.3, -0.25) is 9.48 Å². The minimum absolute atomic E-state index is 0.0144. The fraction of sp³-hybridized carbons (Fsp3) is 0.286. The second kappa shape index (κ2) is 5.89. The highest BCUT2D eigenvalue weighted by molar-refractivity contribution is 6.31. The first kappa shape index (κ1) is 13.6. The molecule has 4 nitrogen and oxygen atoms in total. The van der Waals surface area contributed by atoms with Crippen molar-refractivity contribution in [3.8, 4) is 5.75 Å². The Bertz CT molecular complexity index is 593. The van der Waals surface area contributed by atoms with E-state index in [0.29, 0.717) is 29.2 Å². The smallest absolute Gasteiger partial charge is 0.167 e. The molecule has 0 amide bonds. The van der Waals surface area contributed by atoms with Gasteiger partial charge >= 0.3 is 0 Å². The molecule has 0 saturated carbocycles. The third-order valence-electron chi connectivity index (χ3n) is 2.99. The van der Waals surface area contributed by atoms with E-state index in [1.807, 2.05) is 13.1 Å². The molecule has 0 bridgehead atoms. The molecule has 5 heteroatoms. The van der Waals surface area contributed by atoms with Gasteiger partial charge in [0.2, 0.25) is 0 Å². The molecule has 1 aromatic carbocycles. The first-order valence-corrected chi connectivity index (χ1v) is 6.33. The Morgan fingerprint density at radius 3 is 2.84 bits per heavy atom. The molecule has 2 aromatic rings. The number of hydrogen-bond donors (Lipinski definition) is 0. The van der Waals surface area contributed by atoms with E-state index in [0.717, 1.165) is 5.69 Å². The standard InChI is InChI=1S/C14H15ClN2O2/c1-17-11(7-8-16-17)4-5-13(18)12-9-10(15)3-6-14(12)19-2/h3,6-9H,4-5H2,1-2H3. The van der Waals surface area contributed by atoms with Crippen LogP contribution in [0.25, 0.3) is 0 Å². The molecule has 0 atom stereocenters. The number of Topliss-reactive ketones (excluding diaryl/α,β-unsaturated/α-hetero) is 1. The van der Waals surface area contributed by atoms with Gasteiger partial charge < -0.3 is 4.74 Å². The Morgan fingerprint density at radius 1 is 1.42 bits per heavy atom. The fourth-order valence-corrected chi connectivity index (χ4v) is 2.09. The first-order valence-electron chi connectivity index (χ1n) is 5.95. The number of ketones is 1. The lowest BCUT2D eigenvalue weighted by atomic mass is 10.0. The normalized spacial score (nSPS) is 10.5. The van der Waals surface area contributed by atoms with Crippen molar-refractivity contribution in [2.24, 2.45) is 7.05 Å². The number of aromatic nitrogens is 2. The van der Waals surface area contributed by atoms with E-state index in [1.54, 1.807) is 36.2 Å². The van der Waals surface area contributed by atoms with Crippen LogP contribution in [0.15, 0.2) is 30.5 Å². The minimum atomic E-state index is 0.0144. The molecule has 0 N–H and O–H groups in total. The zero-order valence-corrected chi connectivity index (χ0v) is 11.6. The van der Waals surface area contributed by atoms with E-state index in [2.05, 4.69) is 5.10 Å². The minimum Gasteiger partial charge on any atom is -0.496 e. The van der Waals surface area contributed by atoms with Gasteiger partial charge in [0.25, 0.3) is 0 Å². The van der Waals surface area contributed by atoms with Crippen LogP contribution in [0.4, 0.5) is 0 Å². The lowest BCUT2D eigenvalue weighted by Gasteiger charge is -2.08. The summed E-state index contributed by atoms with van der Waals surface area (Å²) >= 11 is 5.92. The van der Waals surface area contributed by atoms with E-state index in [4.69, 9.17) is 16.3 Å². The molecule has 1 aromatic heterocycles. The summed E-state index contributed by atoms with van der Waals surface area (Å²) in [7, 11) is 3.40. The lowest BCUT2D eigenvalue weighted by molar-refractivity contribution is 0.0979. The molecule has 0 aliphatic rings. The molecular formula is C14H15ClN2O2. The average molecular weight is 279 g/mol. The number of carbonyl (C=O) groups is 1. The summed E-state index contributed by atoms with van der Waals surface area (Å²) < 4.78 is 6.95. The summed E-state index contributed by atoms with van der Waals surface area (Å²) in [4.78, 5) is 12.2. The molecule has 0 unspecified atom stereocenters. The van der Waals surface area contributed by atoms with Crippen molar-refractivity contribution in [3.63, 3.8) is 0 Å². The molecule has 0 fully saturated rings. The van der Waals surface area contributed by atoms with E-state index < -0.39 is 0 Å². The Labute approximate surface area is 116 Å². The SMILES string of the molecule is COc1ccc(Cl)cc1C(=O)CCc1ccnn1C. The molecule has 2 rings (SSSR count). The number of halogens is 1. The van der Waals surface area contributed by atoms with Gasteiger partial charge in [0.15, 0.2) is 5.78 Å². The highest BCUT2D eigenvalue weighted by Crippen LogP contribution is 2.24. The van der Waals surface area contributed by atoms with Crippen LogP contribution in [0.1, 0.15) is 22.5 Å². The summed E-state index contributed by atoms with van der Waals surface area (Å²) in [5, 5.41) is 4.61. The Balaban J connectivity index is 2.12. The summed E-state index contributed by atoms with van der Waals surface area (Å²) in [5.41, 5.74) is 1.55. The van der Waals surface area contributed by atoms with Crippen molar-refractivity contribution in [3.05, 3.63) is 46.7 Å². The average Bonchev–Trinajstić information content (AvgIpc) is 2.81. The molecule has 100 valence electrons. The van der Waals surface area contributed by atoms with Crippen molar-refractivity contribution in [1.29, 1.82) is 0 Å². The Hall–Kier alpha value is -1.81. The van der Waals surface area contributed by atoms with Crippen LogP contribution in [0.5, 0.6) is 5.75 Å². The highest BCUT2D eigenvalue weighted by Gasteiger charge is 2.13. The maximum absolute atomic E-state index is 12.2. The quantitative estimate of drug-likeness (QED) is 0.790. The van der Waals surface area contributed by atoms with E-state index in [1.165, 1.54) is 0 Å². The number of rotatable bonds is 5. The van der Waals surface area contributed by atoms with Crippen LogP contribution in [-0.4, -0.2) is 22.7 Å². The van der Waals surface area contributed by atoms with Gasteiger partial charge in [-0.25, -0.2) is 0 Å². The fourth-order valence-electron chi connectivity index (χ4n) is 1.92. The van der Waals surface area contributed by atoms with Gasteiger partial charge in [0.1, 0.15) is 5.75 Å². The number of benzene rings is 1. The van der Waals surface area contributed by atoms with Crippen LogP contribution >= 0.6 is 11.6 Å². The van der Waals surface area contributed by atoms with Gasteiger partial charge in [-0.1, -0.05) is 11.6 Å². The van der Waals surface area contributed by atoms with Gasteiger partial charge in [0.05, 0.1) is 12.7 Å². The second-order valence-electron chi connectivity index (χ2n) is 4.21. The molecule has 19 heavy (non-hydrogen) atoms. The first-order chi connectivity index (χ1) is 9.11. The monoisotopic (exact) mass is 278 g/mol. The largest absolute Gasteiger partial charge is 0.496 e. The molecule has 0 aliphatic heterocycles. The predicted octanol–water partition coefficient (Wildman–Crippen LogP) is 2.90. The van der Waals surface area contributed by atoms with E-state index in [9.17, 15) is 4.79 Å². The van der Waals surface area contributed by atoms with E-state index >= 15 is 0 Å². The third kappa shape index (κ3) is 3.15. The van der Waals surface area contributed by atoms with Crippen molar-refractivity contribution >= 4 is 17.4 Å². The van der Waals surface area contributed by atoms with Crippen molar-refractivity contribution in [2.45, 2.75) is 12.8 Å². The molecule has 1 heterocycles. The van der Waals surface area contributed by atoms with Crippen molar-refractivity contribution in [2.75, 3.05) is 7.11 Å². The topological polar surface area (TPSA) is 44.1 Å². The van der Waals surface area contributed by atoms with Crippen LogP contribution in [0.3, 0.4) is 0 Å². The lowest BCUT2D eigenvalue weighted by Crippen LogP contribution is -2.06. The highest BCUT2D eigenvalue weighted by atomic mass is 35.5. The number of methoxy groups -OCH3 is 1. The molecule has 0 spiro atoms. The van der Waals surface area contributed by atoms with Gasteiger partial charge in [-0.05, 0) is 30.7 Å². The number of carbonyl (C=O) groups excluding carboxylic acids is 1. The van der Waals surface area contributed by atoms with Crippen LogP contribution < -0.4 is 4.74 Å². The summed E-state index contributed by atoms with van der Waals surface area (Å²) in [6.45, 7) is 0. The van der Waals surface area contributed by atoms with Gasteiger partial charge in [-0.15, -0.1) is 0 Å². The number of aryl methyl sites for hydroxylation is 2. The summed E-state index contributed by atoms with van der Waals surface area (Å²) in [6, 6.07) is 6.96. The predicted molar refractivity (Wildman–Crippen MR) is 73.9 cm³/mol. The maximum Gasteiger partial charge on any atom is 0.167 e. The third-order valence-corrected chi connectivity index (χ3v) is 3.23. The molecule has 0 aliphatic carbocycles.